The Kier molecular flexibility index (Phi) is 4.26. The summed E-state index contributed by atoms with van der Waals surface area (Å²) in [5.41, 5.74) is 5.20. The number of guanidine groups is 1. The van der Waals surface area contributed by atoms with Gasteiger partial charge in [-0.25, -0.2) is 8.78 Å². The normalized spacial score (nSPS) is 23.9. The number of carbonyl (C=O) groups is 1. The van der Waals surface area contributed by atoms with Crippen molar-refractivity contribution in [2.24, 2.45) is 0 Å². The zero-order valence-electron chi connectivity index (χ0n) is 14.6. The maximum absolute atomic E-state index is 13.8. The maximum atomic E-state index is 13.8. The highest BCUT2D eigenvalue weighted by Gasteiger charge is 2.49. The standard InChI is InChI=1S/C18H20F2N4OS/c1-17(12-7-8-13(21)26-12)14(15(25)24(3)16(22)23-17)10-5-4-6-11(9-10)18(2,19)20/h4-9,14H,21H2,1-3H3,(H2,22,23)/t14-,17-/m1/s1. The number of likely N-dealkylation sites (N-methyl/N-ethyl adjacent to an activating group) is 1. The number of benzene rings is 1. The fourth-order valence-corrected chi connectivity index (χ4v) is 4.16. The Labute approximate surface area is 154 Å². The van der Waals surface area contributed by atoms with Gasteiger partial charge in [0.25, 0.3) is 5.92 Å². The third-order valence-electron chi connectivity index (χ3n) is 4.73. The Morgan fingerprint density at radius 1 is 1.35 bits per heavy atom. The average molecular weight is 378 g/mol. The zero-order chi connectivity index (χ0) is 19.3. The lowest BCUT2D eigenvalue weighted by Crippen LogP contribution is -2.62. The Hall–Kier alpha value is -2.48. The molecule has 0 saturated carbocycles. The molecule has 0 unspecified atom stereocenters. The molecule has 8 heteroatoms. The van der Waals surface area contributed by atoms with E-state index < -0.39 is 17.4 Å². The van der Waals surface area contributed by atoms with E-state index in [1.165, 1.54) is 41.5 Å². The van der Waals surface area contributed by atoms with Gasteiger partial charge in [-0.15, -0.1) is 11.3 Å². The molecule has 0 bridgehead atoms. The first-order valence-corrected chi connectivity index (χ1v) is 8.84. The van der Waals surface area contributed by atoms with Crippen LogP contribution in [0.1, 0.15) is 35.8 Å². The molecule has 2 aromatic rings. The van der Waals surface area contributed by atoms with Crippen LogP contribution in [0.2, 0.25) is 0 Å². The summed E-state index contributed by atoms with van der Waals surface area (Å²) in [6.45, 7) is 2.62. The second-order valence-corrected chi connectivity index (χ2v) is 7.84. The van der Waals surface area contributed by atoms with Gasteiger partial charge in [0, 0.05) is 24.4 Å². The van der Waals surface area contributed by atoms with E-state index >= 15 is 0 Å². The van der Waals surface area contributed by atoms with Crippen LogP contribution in [0.15, 0.2) is 36.4 Å². The molecule has 1 saturated heterocycles. The third kappa shape index (κ3) is 2.94. The van der Waals surface area contributed by atoms with Gasteiger partial charge in [-0.2, -0.15) is 0 Å². The van der Waals surface area contributed by atoms with Crippen molar-refractivity contribution in [1.82, 2.24) is 10.2 Å². The van der Waals surface area contributed by atoms with Crippen LogP contribution in [0.4, 0.5) is 13.8 Å². The molecule has 1 aromatic heterocycles. The first-order valence-electron chi connectivity index (χ1n) is 8.02. The van der Waals surface area contributed by atoms with E-state index in [-0.39, 0.29) is 17.4 Å². The van der Waals surface area contributed by atoms with Crippen LogP contribution in [-0.2, 0) is 16.3 Å². The molecule has 1 amide bonds. The van der Waals surface area contributed by atoms with Crippen LogP contribution >= 0.6 is 11.3 Å². The Bertz CT molecular complexity index is 876. The number of halogens is 2. The van der Waals surface area contributed by atoms with Crippen molar-refractivity contribution < 1.29 is 13.6 Å². The number of alkyl halides is 2. The van der Waals surface area contributed by atoms with Crippen LogP contribution in [0.25, 0.3) is 0 Å². The van der Waals surface area contributed by atoms with E-state index in [0.717, 1.165) is 11.8 Å². The molecule has 5 nitrogen and oxygen atoms in total. The van der Waals surface area contributed by atoms with Gasteiger partial charge in [0.2, 0.25) is 5.91 Å². The molecule has 1 fully saturated rings. The van der Waals surface area contributed by atoms with E-state index in [9.17, 15) is 13.6 Å². The molecule has 26 heavy (non-hydrogen) atoms. The number of nitrogens with zero attached hydrogens (tertiary/aromatic N) is 1. The summed E-state index contributed by atoms with van der Waals surface area (Å²) in [4.78, 5) is 15.0. The zero-order valence-corrected chi connectivity index (χ0v) is 15.5. The van der Waals surface area contributed by atoms with E-state index in [2.05, 4.69) is 5.32 Å². The lowest BCUT2D eigenvalue weighted by atomic mass is 9.76. The van der Waals surface area contributed by atoms with Crippen molar-refractivity contribution in [3.63, 3.8) is 0 Å². The fraction of sp³-hybridized carbons (Fsp3) is 0.333. The van der Waals surface area contributed by atoms with Gasteiger partial charge < -0.3 is 11.1 Å². The van der Waals surface area contributed by atoms with Gasteiger partial charge in [0.1, 0.15) is 0 Å². The van der Waals surface area contributed by atoms with Crippen LogP contribution in [0.5, 0.6) is 0 Å². The molecule has 1 aromatic carbocycles. The molecule has 1 aliphatic rings. The summed E-state index contributed by atoms with van der Waals surface area (Å²) < 4.78 is 27.6. The van der Waals surface area contributed by atoms with Gasteiger partial charge in [-0.1, -0.05) is 18.2 Å². The molecule has 0 spiro atoms. The van der Waals surface area contributed by atoms with E-state index in [1.54, 1.807) is 25.1 Å². The summed E-state index contributed by atoms with van der Waals surface area (Å²) in [5, 5.41) is 11.7. The smallest absolute Gasteiger partial charge is 0.270 e. The van der Waals surface area contributed by atoms with Gasteiger partial charge in [-0.05, 0) is 30.7 Å². The van der Waals surface area contributed by atoms with Crippen molar-refractivity contribution in [3.8, 4) is 0 Å². The number of nitrogen functional groups attached to an aromatic ring is 1. The van der Waals surface area contributed by atoms with Crippen LogP contribution in [0.3, 0.4) is 0 Å². The van der Waals surface area contributed by atoms with Crippen molar-refractivity contribution >= 4 is 28.2 Å². The van der Waals surface area contributed by atoms with E-state index in [1.807, 2.05) is 0 Å². The molecule has 0 radical (unpaired) electrons. The maximum Gasteiger partial charge on any atom is 0.270 e. The monoisotopic (exact) mass is 378 g/mol. The van der Waals surface area contributed by atoms with E-state index in [0.29, 0.717) is 10.6 Å². The largest absolute Gasteiger partial charge is 0.391 e. The fourth-order valence-electron chi connectivity index (χ4n) is 3.26. The number of hydrogen-bond acceptors (Lipinski definition) is 4. The van der Waals surface area contributed by atoms with Crippen molar-refractivity contribution in [2.75, 3.05) is 12.8 Å². The molecule has 2 atom stereocenters. The first kappa shape index (κ1) is 18.3. The molecule has 4 N–H and O–H groups in total. The summed E-state index contributed by atoms with van der Waals surface area (Å²) in [6, 6.07) is 9.42. The predicted octanol–water partition coefficient (Wildman–Crippen LogP) is 3.44. The lowest BCUT2D eigenvalue weighted by molar-refractivity contribution is -0.131. The molecular weight excluding hydrogens is 358 g/mol. The van der Waals surface area contributed by atoms with Crippen LogP contribution in [0, 0.1) is 5.41 Å². The number of thiophene rings is 1. The summed E-state index contributed by atoms with van der Waals surface area (Å²) in [6.07, 6.45) is 0. The molecule has 1 aliphatic heterocycles. The first-order chi connectivity index (χ1) is 12.0. The second-order valence-electron chi connectivity index (χ2n) is 6.72. The molecular formula is C18H20F2N4OS. The number of nitrogens with one attached hydrogen (secondary N) is 2. The molecule has 0 aliphatic carbocycles. The van der Waals surface area contributed by atoms with Crippen molar-refractivity contribution in [2.45, 2.75) is 31.2 Å². The Morgan fingerprint density at radius 3 is 2.62 bits per heavy atom. The van der Waals surface area contributed by atoms with Crippen LogP contribution < -0.4 is 11.1 Å². The van der Waals surface area contributed by atoms with Gasteiger partial charge in [0.05, 0.1) is 16.5 Å². The summed E-state index contributed by atoms with van der Waals surface area (Å²) in [7, 11) is 1.49. The quantitative estimate of drug-likeness (QED) is 0.765. The number of amides is 1. The molecule has 3 rings (SSSR count). The number of anilines is 1. The lowest BCUT2D eigenvalue weighted by Gasteiger charge is -2.45. The number of rotatable bonds is 3. The Balaban J connectivity index is 2.17. The highest BCUT2D eigenvalue weighted by molar-refractivity contribution is 7.16. The third-order valence-corrected chi connectivity index (χ3v) is 5.89. The Morgan fingerprint density at radius 2 is 2.04 bits per heavy atom. The molecule has 2 heterocycles. The van der Waals surface area contributed by atoms with Gasteiger partial charge in [-0.3, -0.25) is 15.1 Å². The SMILES string of the molecule is CN1C(=N)N[C@](C)(c2ccc(N)s2)[C@H](c2cccc(C(C)(F)F)c2)C1=O. The number of carbonyl (C=O) groups excluding carboxylic acids is 1. The van der Waals surface area contributed by atoms with Crippen molar-refractivity contribution in [1.29, 1.82) is 5.41 Å². The highest BCUT2D eigenvalue weighted by atomic mass is 32.1. The topological polar surface area (TPSA) is 82.2 Å². The van der Waals surface area contributed by atoms with Gasteiger partial charge in [0.15, 0.2) is 5.96 Å². The summed E-state index contributed by atoms with van der Waals surface area (Å²) >= 11 is 1.31. The van der Waals surface area contributed by atoms with Gasteiger partial charge >= 0.3 is 0 Å². The number of nitrogens with two attached hydrogens (primary N) is 1. The minimum absolute atomic E-state index is 0.0438. The predicted molar refractivity (Wildman–Crippen MR) is 98.5 cm³/mol. The summed E-state index contributed by atoms with van der Waals surface area (Å²) in [5.74, 6) is -4.16. The minimum atomic E-state index is -3.01. The average Bonchev–Trinajstić information content (AvgIpc) is 3.00. The highest BCUT2D eigenvalue weighted by Crippen LogP contribution is 2.44. The molecule has 138 valence electrons. The van der Waals surface area contributed by atoms with Crippen molar-refractivity contribution in [3.05, 3.63) is 52.4 Å². The number of hydrogen-bond donors (Lipinski definition) is 3. The second kappa shape index (κ2) is 6.05. The van der Waals surface area contributed by atoms with Crippen LogP contribution in [-0.4, -0.2) is 23.8 Å². The van der Waals surface area contributed by atoms with E-state index in [4.69, 9.17) is 11.1 Å². The minimum Gasteiger partial charge on any atom is -0.391 e.